The van der Waals surface area contributed by atoms with E-state index in [0.717, 1.165) is 12.1 Å². The minimum atomic E-state index is -0.526. The average molecular weight is 382 g/mol. The summed E-state index contributed by atoms with van der Waals surface area (Å²) in [7, 11) is 0. The fourth-order valence-corrected chi connectivity index (χ4v) is 3.04. The monoisotopic (exact) mass is 381 g/mol. The van der Waals surface area contributed by atoms with Gasteiger partial charge in [0.25, 0.3) is 0 Å². The first-order valence-electron chi connectivity index (χ1n) is 7.91. The first-order chi connectivity index (χ1) is 12.0. The second-order valence-electron chi connectivity index (χ2n) is 5.98. The Kier molecular flexibility index (Phi) is 5.73. The highest BCUT2D eigenvalue weighted by Gasteiger charge is 2.07. The van der Waals surface area contributed by atoms with E-state index in [4.69, 9.17) is 23.2 Å². The maximum Gasteiger partial charge on any atom is 0.214 e. The Morgan fingerprint density at radius 2 is 1.88 bits per heavy atom. The molecule has 2 heterocycles. The summed E-state index contributed by atoms with van der Waals surface area (Å²) in [6.07, 6.45) is 0. The van der Waals surface area contributed by atoms with Crippen LogP contribution in [0.3, 0.4) is 0 Å². The number of anilines is 1. The van der Waals surface area contributed by atoms with E-state index in [1.807, 2.05) is 12.1 Å². The number of fused-ring (bicyclic) bond motifs is 1. The molecule has 0 fully saturated rings. The lowest BCUT2D eigenvalue weighted by molar-refractivity contribution is 0.532. The van der Waals surface area contributed by atoms with Crippen molar-refractivity contribution in [2.45, 2.75) is 13.5 Å². The van der Waals surface area contributed by atoms with Gasteiger partial charge in [-0.3, -0.25) is 0 Å². The molecule has 0 saturated heterocycles. The Hall–Kier alpha value is -1.89. The van der Waals surface area contributed by atoms with Gasteiger partial charge in [0.2, 0.25) is 11.9 Å². The summed E-state index contributed by atoms with van der Waals surface area (Å²) in [5.41, 5.74) is 2.11. The molecular weight excluding hydrogens is 364 g/mol. The number of hydrogen-bond acceptors (Lipinski definition) is 4. The van der Waals surface area contributed by atoms with Crippen LogP contribution in [-0.4, -0.2) is 28.0 Å². The number of H-pyrrole nitrogens is 1. The van der Waals surface area contributed by atoms with Crippen molar-refractivity contribution < 1.29 is 4.39 Å². The smallest absolute Gasteiger partial charge is 0.214 e. The summed E-state index contributed by atoms with van der Waals surface area (Å²) in [4.78, 5) is 11.1. The van der Waals surface area contributed by atoms with Crippen LogP contribution in [-0.2, 0) is 6.54 Å². The van der Waals surface area contributed by atoms with E-state index in [2.05, 4.69) is 32.5 Å². The van der Waals surface area contributed by atoms with E-state index in [1.54, 1.807) is 12.1 Å². The third-order valence-electron chi connectivity index (χ3n) is 3.67. The lowest BCUT2D eigenvalue weighted by atomic mass is 10.1. The van der Waals surface area contributed by atoms with Gasteiger partial charge >= 0.3 is 0 Å². The Morgan fingerprint density at radius 3 is 2.64 bits per heavy atom. The van der Waals surface area contributed by atoms with Crippen molar-refractivity contribution in [3.8, 4) is 0 Å². The summed E-state index contributed by atoms with van der Waals surface area (Å²) in [6.45, 7) is 4.33. The number of benzene rings is 1. The predicted octanol–water partition coefficient (Wildman–Crippen LogP) is 4.24. The maximum atomic E-state index is 13.1. The van der Waals surface area contributed by atoms with Gasteiger partial charge in [0.15, 0.2) is 5.65 Å². The molecule has 1 aromatic carbocycles. The molecule has 0 aliphatic rings. The van der Waals surface area contributed by atoms with Gasteiger partial charge in [-0.2, -0.15) is 9.37 Å². The molecule has 3 aromatic rings. The zero-order chi connectivity index (χ0) is 17.8. The van der Waals surface area contributed by atoms with E-state index >= 15 is 0 Å². The first kappa shape index (κ1) is 17.9. The zero-order valence-electron chi connectivity index (χ0n) is 13.6. The van der Waals surface area contributed by atoms with Crippen molar-refractivity contribution in [2.75, 3.05) is 18.4 Å². The molecule has 2 aromatic heterocycles. The molecule has 8 heteroatoms. The second kappa shape index (κ2) is 7.99. The lowest BCUT2D eigenvalue weighted by Gasteiger charge is -2.13. The van der Waals surface area contributed by atoms with Gasteiger partial charge in [0.1, 0.15) is 5.52 Å². The molecule has 0 saturated carbocycles. The number of imidazole rings is 1. The van der Waals surface area contributed by atoms with E-state index in [0.29, 0.717) is 46.2 Å². The van der Waals surface area contributed by atoms with E-state index in [-0.39, 0.29) is 0 Å². The van der Waals surface area contributed by atoms with E-state index in [9.17, 15) is 4.39 Å². The van der Waals surface area contributed by atoms with Crippen LogP contribution in [0.25, 0.3) is 11.2 Å². The highest BCUT2D eigenvalue weighted by Crippen LogP contribution is 2.19. The molecule has 0 aliphatic carbocycles. The molecule has 132 valence electrons. The molecule has 5 nitrogen and oxygen atoms in total. The van der Waals surface area contributed by atoms with Crippen LogP contribution in [0.1, 0.15) is 12.5 Å². The molecule has 0 spiro atoms. The minimum Gasteiger partial charge on any atom is -0.355 e. The zero-order valence-corrected chi connectivity index (χ0v) is 15.1. The maximum absolute atomic E-state index is 13.1. The minimum absolute atomic E-state index is 0.354. The van der Waals surface area contributed by atoms with Gasteiger partial charge in [0, 0.05) is 23.1 Å². The largest absolute Gasteiger partial charge is 0.355 e. The number of nitrogens with zero attached hydrogens (tertiary/aromatic N) is 2. The van der Waals surface area contributed by atoms with Crippen molar-refractivity contribution in [1.82, 2.24) is 20.3 Å². The third kappa shape index (κ3) is 5.04. The fourth-order valence-electron chi connectivity index (χ4n) is 2.47. The number of pyridine rings is 1. The standard InChI is InChI=1S/C17H18Cl2FN5/c1-10(7-21-9-11-4-12(18)6-13(19)5-11)8-22-17-23-14-2-3-15(20)24-16(14)25-17/h2-6,10,21H,7-9H2,1H3,(H2,22,23,24,25)/t10-/m0/s1. The fraction of sp³-hybridized carbons (Fsp3) is 0.294. The normalized spacial score (nSPS) is 12.5. The summed E-state index contributed by atoms with van der Waals surface area (Å²) >= 11 is 12.0. The van der Waals surface area contributed by atoms with Crippen LogP contribution in [0.2, 0.25) is 10.0 Å². The summed E-state index contributed by atoms with van der Waals surface area (Å²) in [5.74, 6) is 0.413. The Balaban J connectivity index is 1.46. The molecule has 1 atom stereocenters. The molecule has 3 rings (SSSR count). The second-order valence-corrected chi connectivity index (χ2v) is 6.85. The van der Waals surface area contributed by atoms with Gasteiger partial charge < -0.3 is 15.6 Å². The summed E-state index contributed by atoms with van der Waals surface area (Å²) in [5, 5.41) is 7.85. The number of nitrogens with one attached hydrogen (secondary N) is 3. The Bertz CT molecular complexity index is 847. The van der Waals surface area contributed by atoms with Gasteiger partial charge in [-0.1, -0.05) is 30.1 Å². The third-order valence-corrected chi connectivity index (χ3v) is 4.11. The van der Waals surface area contributed by atoms with E-state index in [1.165, 1.54) is 6.07 Å². The van der Waals surface area contributed by atoms with Crippen molar-refractivity contribution in [3.63, 3.8) is 0 Å². The first-order valence-corrected chi connectivity index (χ1v) is 8.67. The SMILES string of the molecule is C[C@@H](CNCc1cc(Cl)cc(Cl)c1)CNc1nc2ccc(F)nc2[nH]1. The number of aromatic nitrogens is 3. The molecule has 0 radical (unpaired) electrons. The molecular formula is C17H18Cl2FN5. The summed E-state index contributed by atoms with van der Waals surface area (Å²) < 4.78 is 13.1. The quantitative estimate of drug-likeness (QED) is 0.535. The van der Waals surface area contributed by atoms with Crippen LogP contribution in [0.5, 0.6) is 0 Å². The van der Waals surface area contributed by atoms with Gasteiger partial charge in [-0.05, 0) is 48.4 Å². The van der Waals surface area contributed by atoms with Crippen molar-refractivity contribution in [1.29, 1.82) is 0 Å². The topological polar surface area (TPSA) is 65.6 Å². The Morgan fingerprint density at radius 1 is 1.12 bits per heavy atom. The van der Waals surface area contributed by atoms with Gasteiger partial charge in [-0.15, -0.1) is 0 Å². The van der Waals surface area contributed by atoms with Crippen molar-refractivity contribution in [3.05, 3.63) is 51.9 Å². The predicted molar refractivity (Wildman–Crippen MR) is 99.7 cm³/mol. The van der Waals surface area contributed by atoms with Crippen LogP contribution in [0.15, 0.2) is 30.3 Å². The molecule has 0 amide bonds. The van der Waals surface area contributed by atoms with Crippen molar-refractivity contribution in [2.24, 2.45) is 5.92 Å². The highest BCUT2D eigenvalue weighted by molar-refractivity contribution is 6.34. The van der Waals surface area contributed by atoms with Crippen LogP contribution >= 0.6 is 23.2 Å². The number of aromatic amines is 1. The molecule has 3 N–H and O–H groups in total. The number of hydrogen-bond donors (Lipinski definition) is 3. The van der Waals surface area contributed by atoms with Gasteiger partial charge in [-0.25, -0.2) is 4.98 Å². The lowest BCUT2D eigenvalue weighted by Crippen LogP contribution is -2.25. The molecule has 0 unspecified atom stereocenters. The van der Waals surface area contributed by atoms with Gasteiger partial charge in [0.05, 0.1) is 0 Å². The Labute approximate surface area is 155 Å². The molecule has 0 aliphatic heterocycles. The molecule has 25 heavy (non-hydrogen) atoms. The number of halogens is 3. The average Bonchev–Trinajstić information content (AvgIpc) is 2.94. The number of rotatable bonds is 7. The van der Waals surface area contributed by atoms with Crippen molar-refractivity contribution >= 4 is 40.3 Å². The van der Waals surface area contributed by atoms with Crippen LogP contribution in [0, 0.1) is 11.9 Å². The summed E-state index contributed by atoms with van der Waals surface area (Å²) in [6, 6.07) is 8.39. The van der Waals surface area contributed by atoms with Crippen LogP contribution in [0.4, 0.5) is 10.3 Å². The molecule has 0 bridgehead atoms. The van der Waals surface area contributed by atoms with E-state index < -0.39 is 5.95 Å². The highest BCUT2D eigenvalue weighted by atomic mass is 35.5. The van der Waals surface area contributed by atoms with Crippen LogP contribution < -0.4 is 10.6 Å².